The normalized spacial score (nSPS) is 17.3. The third-order valence-electron chi connectivity index (χ3n) is 9.87. The zero-order valence-electron chi connectivity index (χ0n) is 29.8. The minimum absolute atomic E-state index is 0.0811. The number of piperidine rings is 1. The van der Waals surface area contributed by atoms with E-state index in [4.69, 9.17) is 24.1 Å². The number of carbonyl (C=O) groups excluding carboxylic acids is 3. The van der Waals surface area contributed by atoms with Crippen LogP contribution in [0.1, 0.15) is 85.4 Å². The van der Waals surface area contributed by atoms with E-state index in [-0.39, 0.29) is 23.1 Å². The molecule has 2 unspecified atom stereocenters. The van der Waals surface area contributed by atoms with E-state index in [9.17, 15) is 24.3 Å². The number of aliphatic carboxylic acids is 1. The third kappa shape index (κ3) is 9.74. The van der Waals surface area contributed by atoms with Crippen molar-refractivity contribution in [2.24, 2.45) is 5.92 Å². The quantitative estimate of drug-likeness (QED) is 0.163. The van der Waals surface area contributed by atoms with Gasteiger partial charge in [0.15, 0.2) is 18.1 Å². The largest absolute Gasteiger partial charge is 0.507 e. The Morgan fingerprint density at radius 3 is 2.35 bits per heavy atom. The predicted octanol–water partition coefficient (Wildman–Crippen LogP) is 5.85. The predicted molar refractivity (Wildman–Crippen MR) is 192 cm³/mol. The summed E-state index contributed by atoms with van der Waals surface area (Å²) in [5.74, 6) is -1.37. The summed E-state index contributed by atoms with van der Waals surface area (Å²) >= 11 is 0. The van der Waals surface area contributed by atoms with Crippen LogP contribution in [-0.2, 0) is 25.5 Å². The molecule has 5 rings (SSSR count). The van der Waals surface area contributed by atoms with Crippen molar-refractivity contribution in [3.8, 4) is 23.0 Å². The molecular weight excluding hydrogens is 668 g/mol. The van der Waals surface area contributed by atoms with Crippen molar-refractivity contribution < 1.29 is 48.3 Å². The lowest BCUT2D eigenvalue weighted by Crippen LogP contribution is -2.58. The number of ether oxygens (including phenoxy) is 4. The summed E-state index contributed by atoms with van der Waals surface area (Å²) in [5.41, 5.74) is 1.61. The summed E-state index contributed by atoms with van der Waals surface area (Å²) in [7, 11) is 3.12. The van der Waals surface area contributed by atoms with Crippen molar-refractivity contribution in [2.45, 2.75) is 82.4 Å². The minimum atomic E-state index is -1.12. The van der Waals surface area contributed by atoms with Crippen molar-refractivity contribution in [2.75, 3.05) is 27.4 Å². The number of aryl methyl sites for hydroxylation is 1. The van der Waals surface area contributed by atoms with Gasteiger partial charge in [0.05, 0.1) is 19.8 Å². The monoisotopic (exact) mass is 716 g/mol. The summed E-state index contributed by atoms with van der Waals surface area (Å²) in [4.78, 5) is 54.8. The van der Waals surface area contributed by atoms with E-state index in [0.717, 1.165) is 44.1 Å². The Balaban J connectivity index is 1.39. The van der Waals surface area contributed by atoms with Gasteiger partial charge in [0.1, 0.15) is 29.7 Å². The van der Waals surface area contributed by atoms with Crippen LogP contribution in [0.2, 0.25) is 0 Å². The van der Waals surface area contributed by atoms with Gasteiger partial charge in [-0.2, -0.15) is 0 Å². The molecule has 0 spiro atoms. The van der Waals surface area contributed by atoms with Gasteiger partial charge in [-0.05, 0) is 98.4 Å². The van der Waals surface area contributed by atoms with Gasteiger partial charge in [0, 0.05) is 6.54 Å². The SMILES string of the molecule is COc1ccc(CCC(OC(=O)[C@@H]2CCCCN2C(=O)C(NC(=O)c2ccccc2O)C2CCCCC2)c2cccc(OCC(=O)O)c2)cc1OC. The van der Waals surface area contributed by atoms with E-state index in [1.165, 1.54) is 12.1 Å². The number of aromatic hydroxyl groups is 1. The molecule has 3 aromatic rings. The fourth-order valence-corrected chi connectivity index (χ4v) is 7.15. The Morgan fingerprint density at radius 1 is 0.865 bits per heavy atom. The Morgan fingerprint density at radius 2 is 1.62 bits per heavy atom. The second-order valence-electron chi connectivity index (χ2n) is 13.3. The fraction of sp³-hybridized carbons (Fsp3) is 0.450. The lowest BCUT2D eigenvalue weighted by atomic mass is 9.82. The third-order valence-corrected chi connectivity index (χ3v) is 9.87. The molecule has 1 aliphatic carbocycles. The minimum Gasteiger partial charge on any atom is -0.507 e. The number of carboxylic acid groups (broad SMARTS) is 1. The van der Waals surface area contributed by atoms with E-state index in [1.54, 1.807) is 55.5 Å². The Hall–Kier alpha value is -5.26. The second-order valence-corrected chi connectivity index (χ2v) is 13.3. The van der Waals surface area contributed by atoms with Crippen molar-refractivity contribution in [1.82, 2.24) is 10.2 Å². The van der Waals surface area contributed by atoms with E-state index in [1.807, 2.05) is 18.2 Å². The number of likely N-dealkylation sites (tertiary alicyclic amines) is 1. The molecular formula is C40H48N2O10. The van der Waals surface area contributed by atoms with Gasteiger partial charge >= 0.3 is 11.9 Å². The number of carbonyl (C=O) groups is 4. The summed E-state index contributed by atoms with van der Waals surface area (Å²) in [6, 6.07) is 16.8. The number of hydrogen-bond acceptors (Lipinski definition) is 9. The Labute approximate surface area is 304 Å². The molecule has 0 aromatic heterocycles. The number of amides is 2. The standard InChI is InChI=1S/C40H48N2O10/c1-49-34-21-19-26(23-35(34)50-2)18-20-33(28-13-10-14-29(24-28)51-25-36(44)45)52-40(48)31-16-8-9-22-42(31)39(47)37(27-11-4-3-5-12-27)41-38(46)30-15-6-7-17-32(30)43/h6-7,10,13-15,17,19,21,23-24,27,31,33,37,43H,3-5,8-9,11-12,16,18,20,22,25H2,1-2H3,(H,41,46)(H,44,45)/t31-,33?,37?/m0/s1. The van der Waals surface area contributed by atoms with Gasteiger partial charge in [-0.1, -0.05) is 49.6 Å². The molecule has 52 heavy (non-hydrogen) atoms. The first-order chi connectivity index (χ1) is 25.2. The number of phenolic OH excluding ortho intramolecular Hbond substituents is 1. The lowest BCUT2D eigenvalue weighted by molar-refractivity contribution is -0.163. The molecule has 2 amide bonds. The van der Waals surface area contributed by atoms with Crippen LogP contribution < -0.4 is 19.5 Å². The van der Waals surface area contributed by atoms with Crippen molar-refractivity contribution in [1.29, 1.82) is 0 Å². The Kier molecular flexibility index (Phi) is 13.4. The van der Waals surface area contributed by atoms with E-state index in [0.29, 0.717) is 55.0 Å². The van der Waals surface area contributed by atoms with Crippen LogP contribution in [0.3, 0.4) is 0 Å². The van der Waals surface area contributed by atoms with Crippen LogP contribution in [-0.4, -0.2) is 78.3 Å². The number of methoxy groups -OCH3 is 2. The van der Waals surface area contributed by atoms with E-state index in [2.05, 4.69) is 5.32 Å². The molecule has 12 nitrogen and oxygen atoms in total. The fourth-order valence-electron chi connectivity index (χ4n) is 7.15. The maximum absolute atomic E-state index is 14.5. The van der Waals surface area contributed by atoms with Gasteiger partial charge in [0.2, 0.25) is 5.91 Å². The van der Waals surface area contributed by atoms with E-state index < -0.39 is 42.6 Å². The number of nitrogens with one attached hydrogen (secondary N) is 1. The molecule has 2 aliphatic rings. The van der Waals surface area contributed by atoms with Crippen LogP contribution in [0, 0.1) is 5.92 Å². The molecule has 1 heterocycles. The summed E-state index contributed by atoms with van der Waals surface area (Å²) in [6.45, 7) is -0.190. The maximum atomic E-state index is 14.5. The highest BCUT2D eigenvalue weighted by Crippen LogP contribution is 2.33. The zero-order valence-corrected chi connectivity index (χ0v) is 29.8. The van der Waals surface area contributed by atoms with Crippen LogP contribution in [0.5, 0.6) is 23.0 Å². The van der Waals surface area contributed by atoms with Gasteiger partial charge in [-0.25, -0.2) is 9.59 Å². The molecule has 1 saturated carbocycles. The number of phenols is 1. The smallest absolute Gasteiger partial charge is 0.341 e. The highest BCUT2D eigenvalue weighted by molar-refractivity contribution is 6.00. The number of hydrogen-bond donors (Lipinski definition) is 3. The second kappa shape index (κ2) is 18.3. The zero-order chi connectivity index (χ0) is 37.0. The van der Waals surface area contributed by atoms with Crippen LogP contribution in [0.15, 0.2) is 66.7 Å². The van der Waals surface area contributed by atoms with Crippen LogP contribution >= 0.6 is 0 Å². The van der Waals surface area contributed by atoms with Crippen molar-refractivity contribution in [3.05, 3.63) is 83.4 Å². The maximum Gasteiger partial charge on any atom is 0.341 e. The van der Waals surface area contributed by atoms with Crippen molar-refractivity contribution >= 4 is 23.8 Å². The van der Waals surface area contributed by atoms with E-state index >= 15 is 0 Å². The number of rotatable bonds is 15. The molecule has 3 N–H and O–H groups in total. The first kappa shape index (κ1) is 38.0. The van der Waals surface area contributed by atoms with Gasteiger partial charge in [-0.3, -0.25) is 9.59 Å². The number of esters is 1. The highest BCUT2D eigenvalue weighted by atomic mass is 16.5. The average Bonchev–Trinajstić information content (AvgIpc) is 3.17. The average molecular weight is 717 g/mol. The molecule has 12 heteroatoms. The molecule has 3 atom stereocenters. The van der Waals surface area contributed by atoms with Crippen LogP contribution in [0.4, 0.5) is 0 Å². The topological polar surface area (TPSA) is 161 Å². The number of carboxylic acids is 1. The number of para-hydroxylation sites is 1. The summed E-state index contributed by atoms with van der Waals surface area (Å²) in [6.07, 6.45) is 6.37. The van der Waals surface area contributed by atoms with Crippen molar-refractivity contribution in [3.63, 3.8) is 0 Å². The van der Waals surface area contributed by atoms with Gasteiger partial charge in [-0.15, -0.1) is 0 Å². The number of nitrogens with zero attached hydrogens (tertiary/aromatic N) is 1. The lowest BCUT2D eigenvalue weighted by Gasteiger charge is -2.39. The molecule has 2 fully saturated rings. The molecule has 278 valence electrons. The molecule has 0 bridgehead atoms. The summed E-state index contributed by atoms with van der Waals surface area (Å²) < 4.78 is 22.6. The highest BCUT2D eigenvalue weighted by Gasteiger charge is 2.41. The van der Waals surface area contributed by atoms with Crippen LogP contribution in [0.25, 0.3) is 0 Å². The van der Waals surface area contributed by atoms with Gasteiger partial charge < -0.3 is 39.4 Å². The van der Waals surface area contributed by atoms with Gasteiger partial charge in [0.25, 0.3) is 5.91 Å². The molecule has 3 aromatic carbocycles. The number of benzene rings is 3. The summed E-state index contributed by atoms with van der Waals surface area (Å²) in [5, 5.41) is 22.4. The molecule has 0 radical (unpaired) electrons. The molecule has 1 aliphatic heterocycles. The first-order valence-corrected chi connectivity index (χ1v) is 17.9. The Bertz CT molecular complexity index is 1710. The molecule has 1 saturated heterocycles. The first-order valence-electron chi connectivity index (χ1n) is 17.9.